The Hall–Kier alpha value is -2.75. The van der Waals surface area contributed by atoms with E-state index in [-0.39, 0.29) is 12.3 Å². The Kier molecular flexibility index (Phi) is 10.5. The summed E-state index contributed by atoms with van der Waals surface area (Å²) in [4.78, 5) is 51.7. The van der Waals surface area contributed by atoms with E-state index < -0.39 is 47.6 Å². The van der Waals surface area contributed by atoms with Crippen molar-refractivity contribution in [2.45, 2.75) is 58.3 Å². The fourth-order valence-corrected chi connectivity index (χ4v) is 3.14. The van der Waals surface area contributed by atoms with Crippen molar-refractivity contribution in [3.8, 4) is 0 Å². The molecule has 0 aliphatic heterocycles. The number of hydrogen-bond acceptors (Lipinski definition) is 7. The van der Waals surface area contributed by atoms with Crippen LogP contribution >= 0.6 is 12.6 Å². The molecule has 1 aromatic rings. The maximum Gasteiger partial charge on any atom is 0.408 e. The fraction of sp³-hybridized carbons (Fsp3) is 0.545. The van der Waals surface area contributed by atoms with Crippen LogP contribution in [0.4, 0.5) is 4.79 Å². The number of carbonyl (C=O) groups excluding carboxylic acids is 4. The summed E-state index contributed by atoms with van der Waals surface area (Å²) >= 11 is 4.21. The second kappa shape index (κ2) is 12.3. The van der Waals surface area contributed by atoms with Crippen molar-refractivity contribution in [3.63, 3.8) is 0 Å². The van der Waals surface area contributed by atoms with Gasteiger partial charge < -0.3 is 25.0 Å². The maximum atomic E-state index is 13.5. The number of nitrogens with one attached hydrogen (secondary N) is 2. The molecule has 0 aliphatic carbocycles. The van der Waals surface area contributed by atoms with Crippen LogP contribution in [0.3, 0.4) is 0 Å². The molecule has 0 spiro atoms. The highest BCUT2D eigenvalue weighted by Gasteiger charge is 2.37. The number of benzene rings is 1. The Morgan fingerprint density at radius 1 is 1.09 bits per heavy atom. The van der Waals surface area contributed by atoms with Gasteiger partial charge in [0.25, 0.3) is 0 Å². The van der Waals surface area contributed by atoms with Gasteiger partial charge in [0, 0.05) is 11.8 Å². The second-order valence-corrected chi connectivity index (χ2v) is 8.69. The Morgan fingerprint density at radius 3 is 2.16 bits per heavy atom. The monoisotopic (exact) mass is 467 g/mol. The summed E-state index contributed by atoms with van der Waals surface area (Å²) in [7, 11) is 1.22. The molecule has 3 amide bonds. The molecule has 178 valence electrons. The van der Waals surface area contributed by atoms with Crippen molar-refractivity contribution in [3.05, 3.63) is 35.9 Å². The molecule has 10 heteroatoms. The van der Waals surface area contributed by atoms with Crippen molar-refractivity contribution >= 4 is 36.5 Å². The van der Waals surface area contributed by atoms with Crippen molar-refractivity contribution in [2.75, 3.05) is 19.4 Å². The normalized spacial score (nSPS) is 13.0. The lowest BCUT2D eigenvalue weighted by Gasteiger charge is -2.36. The Balaban J connectivity index is 3.25. The van der Waals surface area contributed by atoms with Crippen molar-refractivity contribution in [1.29, 1.82) is 0 Å². The van der Waals surface area contributed by atoms with E-state index in [4.69, 9.17) is 4.74 Å². The van der Waals surface area contributed by atoms with Gasteiger partial charge in [0.15, 0.2) is 0 Å². The van der Waals surface area contributed by atoms with Crippen LogP contribution in [0, 0.1) is 0 Å². The molecule has 0 bridgehead atoms. The summed E-state index contributed by atoms with van der Waals surface area (Å²) in [5.74, 6) is -1.69. The summed E-state index contributed by atoms with van der Waals surface area (Å²) in [6.07, 6.45) is -0.764. The first kappa shape index (κ1) is 27.3. The van der Waals surface area contributed by atoms with Crippen LogP contribution in [0.25, 0.3) is 0 Å². The molecule has 0 aromatic heterocycles. The second-order valence-electron chi connectivity index (χ2n) is 8.33. The highest BCUT2D eigenvalue weighted by atomic mass is 32.1. The lowest BCUT2D eigenvalue weighted by Crippen LogP contribution is -2.56. The van der Waals surface area contributed by atoms with Crippen molar-refractivity contribution in [1.82, 2.24) is 15.5 Å². The summed E-state index contributed by atoms with van der Waals surface area (Å²) in [5.41, 5.74) is -0.195. The fourth-order valence-electron chi connectivity index (χ4n) is 2.90. The molecule has 9 nitrogen and oxygen atoms in total. The van der Waals surface area contributed by atoms with Gasteiger partial charge in [-0.1, -0.05) is 30.3 Å². The van der Waals surface area contributed by atoms with Crippen LogP contribution in [-0.2, 0) is 23.9 Å². The molecule has 0 fully saturated rings. The predicted octanol–water partition coefficient (Wildman–Crippen LogP) is 2.08. The molecule has 0 heterocycles. The van der Waals surface area contributed by atoms with E-state index >= 15 is 0 Å². The van der Waals surface area contributed by atoms with E-state index in [1.165, 1.54) is 12.0 Å². The summed E-state index contributed by atoms with van der Waals surface area (Å²) < 4.78 is 9.82. The molecule has 0 radical (unpaired) electrons. The minimum atomic E-state index is -1.05. The maximum absolute atomic E-state index is 13.5. The van der Waals surface area contributed by atoms with Crippen molar-refractivity contribution in [2.24, 2.45) is 0 Å². The molecule has 0 aliphatic rings. The molecule has 1 aromatic carbocycles. The van der Waals surface area contributed by atoms with Gasteiger partial charge in [0.1, 0.15) is 24.2 Å². The summed E-state index contributed by atoms with van der Waals surface area (Å²) in [5, 5.41) is 5.04. The number of thiol groups is 1. The van der Waals surface area contributed by atoms with Gasteiger partial charge in [-0.15, -0.1) is 0 Å². The van der Waals surface area contributed by atoms with Gasteiger partial charge in [-0.25, -0.2) is 4.79 Å². The number of ether oxygens (including phenoxy) is 2. The first-order chi connectivity index (χ1) is 14.9. The number of hydrogen-bond donors (Lipinski definition) is 3. The minimum absolute atomic E-state index is 0.00736. The molecule has 2 atom stereocenters. The summed E-state index contributed by atoms with van der Waals surface area (Å²) in [6, 6.07) is 6.20. The van der Waals surface area contributed by atoms with Crippen LogP contribution in [-0.4, -0.2) is 65.9 Å². The number of nitrogens with zero attached hydrogens (tertiary/aromatic N) is 1. The van der Waals surface area contributed by atoms with E-state index in [1.807, 2.05) is 0 Å². The average Bonchev–Trinajstić information content (AvgIpc) is 2.72. The highest BCUT2D eigenvalue weighted by Crippen LogP contribution is 2.25. The van der Waals surface area contributed by atoms with Crippen LogP contribution < -0.4 is 10.6 Å². The van der Waals surface area contributed by atoms with E-state index in [9.17, 15) is 19.2 Å². The smallest absolute Gasteiger partial charge is 0.408 e. The zero-order chi connectivity index (χ0) is 24.5. The first-order valence-corrected chi connectivity index (χ1v) is 10.9. The lowest BCUT2D eigenvalue weighted by atomic mass is 10.0. The van der Waals surface area contributed by atoms with E-state index in [0.29, 0.717) is 5.56 Å². The first-order valence-electron chi connectivity index (χ1n) is 10.2. The van der Waals surface area contributed by atoms with Crippen LogP contribution in [0.5, 0.6) is 0 Å². The van der Waals surface area contributed by atoms with Crippen LogP contribution in [0.2, 0.25) is 0 Å². The molecular formula is C22H33N3O6S. The zero-order valence-electron chi connectivity index (χ0n) is 19.4. The number of alkyl carbamates (subject to hydrolysis) is 1. The minimum Gasteiger partial charge on any atom is -0.468 e. The standard InChI is InChI=1S/C22H33N3O6S/c1-14(2)25(20(28)16(13-32)24-21(29)31-22(3,4)5)18(15-10-8-7-9-11-15)19(27)23-12-17(26)30-6/h7-11,14,16,18,32H,12-13H2,1-6H3,(H,23,27)(H,24,29). The highest BCUT2D eigenvalue weighted by molar-refractivity contribution is 7.80. The Labute approximate surface area is 194 Å². The molecule has 1 rings (SSSR count). The van der Waals surface area contributed by atoms with Gasteiger partial charge in [0.05, 0.1) is 7.11 Å². The van der Waals surface area contributed by atoms with Gasteiger partial charge >= 0.3 is 12.1 Å². The van der Waals surface area contributed by atoms with Crippen LogP contribution in [0.1, 0.15) is 46.2 Å². The number of esters is 1. The van der Waals surface area contributed by atoms with E-state index in [2.05, 4.69) is 28.0 Å². The third kappa shape index (κ3) is 8.41. The molecule has 32 heavy (non-hydrogen) atoms. The number of amides is 3. The lowest BCUT2D eigenvalue weighted by molar-refractivity contribution is -0.145. The van der Waals surface area contributed by atoms with E-state index in [1.54, 1.807) is 65.0 Å². The molecule has 2 N–H and O–H groups in total. The van der Waals surface area contributed by atoms with E-state index in [0.717, 1.165) is 0 Å². The zero-order valence-corrected chi connectivity index (χ0v) is 20.3. The molecule has 2 unspecified atom stereocenters. The Bertz CT molecular complexity index is 795. The van der Waals surface area contributed by atoms with Gasteiger partial charge in [-0.2, -0.15) is 12.6 Å². The predicted molar refractivity (Wildman–Crippen MR) is 123 cm³/mol. The number of carbonyl (C=O) groups is 4. The number of methoxy groups -OCH3 is 1. The third-order valence-electron chi connectivity index (χ3n) is 4.26. The molecule has 0 saturated heterocycles. The topological polar surface area (TPSA) is 114 Å². The van der Waals surface area contributed by atoms with Gasteiger partial charge in [0.2, 0.25) is 11.8 Å². The van der Waals surface area contributed by atoms with Gasteiger partial charge in [-0.05, 0) is 40.2 Å². The van der Waals surface area contributed by atoms with Crippen molar-refractivity contribution < 1.29 is 28.7 Å². The molecular weight excluding hydrogens is 434 g/mol. The summed E-state index contributed by atoms with van der Waals surface area (Å²) in [6.45, 7) is 8.30. The molecule has 0 saturated carbocycles. The average molecular weight is 468 g/mol. The largest absolute Gasteiger partial charge is 0.468 e. The quantitative estimate of drug-likeness (QED) is 0.379. The SMILES string of the molecule is COC(=O)CNC(=O)C(c1ccccc1)N(C(=O)C(CS)NC(=O)OC(C)(C)C)C(C)C. The third-order valence-corrected chi connectivity index (χ3v) is 4.62. The van der Waals surface area contributed by atoms with Gasteiger partial charge in [-0.3, -0.25) is 14.4 Å². The Morgan fingerprint density at radius 2 is 1.69 bits per heavy atom. The number of rotatable bonds is 9. The van der Waals surface area contributed by atoms with Crippen LogP contribution in [0.15, 0.2) is 30.3 Å².